The Kier molecular flexibility index (Phi) is 8.34. The van der Waals surface area contributed by atoms with Gasteiger partial charge in [-0.15, -0.1) is 0 Å². The molecular formula is C31H33N3O5. The summed E-state index contributed by atoms with van der Waals surface area (Å²) >= 11 is 0. The van der Waals surface area contributed by atoms with Crippen LogP contribution in [0.25, 0.3) is 22.0 Å². The van der Waals surface area contributed by atoms with E-state index in [9.17, 15) is 14.4 Å². The summed E-state index contributed by atoms with van der Waals surface area (Å²) in [6.07, 6.45) is -0.529. The highest BCUT2D eigenvalue weighted by Gasteiger charge is 2.16. The van der Waals surface area contributed by atoms with Crippen molar-refractivity contribution < 1.29 is 19.1 Å². The number of hydrogen-bond donors (Lipinski definition) is 2. The van der Waals surface area contributed by atoms with Gasteiger partial charge in [0.1, 0.15) is 11.4 Å². The largest absolute Gasteiger partial charge is 0.497 e. The molecule has 0 fully saturated rings. The highest BCUT2D eigenvalue weighted by atomic mass is 16.6. The van der Waals surface area contributed by atoms with Crippen LogP contribution >= 0.6 is 0 Å². The molecule has 4 rings (SSSR count). The van der Waals surface area contributed by atoms with Crippen molar-refractivity contribution in [3.8, 4) is 16.9 Å². The molecule has 0 unspecified atom stereocenters. The molecule has 0 saturated carbocycles. The van der Waals surface area contributed by atoms with Crippen LogP contribution < -0.4 is 20.9 Å². The van der Waals surface area contributed by atoms with E-state index < -0.39 is 11.7 Å². The van der Waals surface area contributed by atoms with Gasteiger partial charge in [-0.1, -0.05) is 42.5 Å². The second-order valence-electron chi connectivity index (χ2n) is 10.1. The minimum Gasteiger partial charge on any atom is -0.497 e. The molecule has 3 aromatic carbocycles. The highest BCUT2D eigenvalue weighted by molar-refractivity contribution is 5.95. The first kappa shape index (κ1) is 27.4. The minimum atomic E-state index is -0.581. The number of nitrogens with zero attached hydrogens (tertiary/aromatic N) is 1. The zero-order valence-electron chi connectivity index (χ0n) is 22.6. The van der Waals surface area contributed by atoms with Crippen molar-refractivity contribution >= 4 is 22.9 Å². The second-order valence-corrected chi connectivity index (χ2v) is 10.1. The molecule has 0 radical (unpaired) electrons. The number of benzene rings is 3. The number of nitrogens with one attached hydrogen (secondary N) is 2. The summed E-state index contributed by atoms with van der Waals surface area (Å²) in [4.78, 5) is 37.5. The standard InChI is InChI=1S/C31H33N3O5/c1-31(2,3)39-30(37)33-17-16-32-29(36)23-12-10-21(11-13-23)20-34-27-18-24(38-4)14-15-25(27)26(19-28(34)35)22-8-6-5-7-9-22/h5-15,18-19H,16-17,20H2,1-4H3,(H,32,36)(H,33,37). The molecule has 2 N–H and O–H groups in total. The third-order valence-electron chi connectivity index (χ3n) is 6.04. The first-order chi connectivity index (χ1) is 18.6. The fourth-order valence-electron chi connectivity index (χ4n) is 4.21. The number of methoxy groups -OCH3 is 1. The molecule has 0 spiro atoms. The summed E-state index contributed by atoms with van der Waals surface area (Å²) in [5, 5.41) is 6.33. The Hall–Kier alpha value is -4.59. The fourth-order valence-corrected chi connectivity index (χ4v) is 4.21. The van der Waals surface area contributed by atoms with Gasteiger partial charge in [0.2, 0.25) is 0 Å². The van der Waals surface area contributed by atoms with Crippen molar-refractivity contribution in [2.24, 2.45) is 0 Å². The van der Waals surface area contributed by atoms with Crippen molar-refractivity contribution in [3.05, 3.63) is 100 Å². The Labute approximate surface area is 227 Å². The van der Waals surface area contributed by atoms with E-state index in [4.69, 9.17) is 9.47 Å². The average molecular weight is 528 g/mol. The SMILES string of the molecule is COc1ccc2c(-c3ccccc3)cc(=O)n(Cc3ccc(C(=O)NCCNC(=O)OC(C)(C)C)cc3)c2c1. The number of amides is 2. The zero-order valence-corrected chi connectivity index (χ0v) is 22.6. The molecule has 0 aliphatic heterocycles. The number of fused-ring (bicyclic) bond motifs is 1. The maximum atomic E-state index is 13.3. The van der Waals surface area contributed by atoms with Crippen LogP contribution in [0, 0.1) is 0 Å². The van der Waals surface area contributed by atoms with Gasteiger partial charge < -0.3 is 24.7 Å². The van der Waals surface area contributed by atoms with Gasteiger partial charge in [0.15, 0.2) is 0 Å². The number of aromatic nitrogens is 1. The van der Waals surface area contributed by atoms with Crippen LogP contribution in [0.1, 0.15) is 36.7 Å². The maximum absolute atomic E-state index is 13.3. The quantitative estimate of drug-likeness (QED) is 0.315. The molecular weight excluding hydrogens is 494 g/mol. The fraction of sp³-hybridized carbons (Fsp3) is 0.258. The molecule has 1 aromatic heterocycles. The van der Waals surface area contributed by atoms with Crippen LogP contribution in [0.5, 0.6) is 5.75 Å². The molecule has 8 heteroatoms. The second kappa shape index (κ2) is 11.9. The monoisotopic (exact) mass is 527 g/mol. The summed E-state index contributed by atoms with van der Waals surface area (Å²) in [6, 6.07) is 24.3. The van der Waals surface area contributed by atoms with Crippen molar-refractivity contribution in [1.82, 2.24) is 15.2 Å². The van der Waals surface area contributed by atoms with Gasteiger partial charge in [-0.2, -0.15) is 0 Å². The molecule has 8 nitrogen and oxygen atoms in total. The summed E-state index contributed by atoms with van der Waals surface area (Å²) in [5.74, 6) is 0.404. The lowest BCUT2D eigenvalue weighted by molar-refractivity contribution is 0.0526. The Morgan fingerprint density at radius 1 is 0.872 bits per heavy atom. The maximum Gasteiger partial charge on any atom is 0.407 e. The van der Waals surface area contributed by atoms with Crippen molar-refractivity contribution in [1.29, 1.82) is 0 Å². The van der Waals surface area contributed by atoms with Crippen molar-refractivity contribution in [2.75, 3.05) is 20.2 Å². The Morgan fingerprint density at radius 3 is 2.23 bits per heavy atom. The molecule has 0 aliphatic rings. The molecule has 0 atom stereocenters. The van der Waals surface area contributed by atoms with Crippen LogP contribution in [-0.4, -0.2) is 42.4 Å². The van der Waals surface area contributed by atoms with Crippen LogP contribution in [-0.2, 0) is 11.3 Å². The average Bonchev–Trinajstić information content (AvgIpc) is 2.92. The van der Waals surface area contributed by atoms with Crippen molar-refractivity contribution in [3.63, 3.8) is 0 Å². The van der Waals surface area contributed by atoms with Gasteiger partial charge in [-0.05, 0) is 61.7 Å². The Morgan fingerprint density at radius 2 is 1.56 bits per heavy atom. The number of alkyl carbamates (subject to hydrolysis) is 1. The first-order valence-electron chi connectivity index (χ1n) is 12.8. The highest BCUT2D eigenvalue weighted by Crippen LogP contribution is 2.30. The molecule has 2 amide bonds. The summed E-state index contributed by atoms with van der Waals surface area (Å²) in [6.45, 7) is 6.20. The topological polar surface area (TPSA) is 98.7 Å². The van der Waals surface area contributed by atoms with Gasteiger partial charge in [0.25, 0.3) is 11.5 Å². The van der Waals surface area contributed by atoms with E-state index in [0.29, 0.717) is 17.9 Å². The summed E-state index contributed by atoms with van der Waals surface area (Å²) in [7, 11) is 1.60. The number of hydrogen-bond acceptors (Lipinski definition) is 5. The van der Waals surface area contributed by atoms with E-state index in [0.717, 1.165) is 27.6 Å². The van der Waals surface area contributed by atoms with E-state index in [1.54, 1.807) is 50.6 Å². The third-order valence-corrected chi connectivity index (χ3v) is 6.04. The van der Waals surface area contributed by atoms with E-state index in [-0.39, 0.29) is 24.6 Å². The smallest absolute Gasteiger partial charge is 0.407 e. The van der Waals surface area contributed by atoms with Crippen LogP contribution in [0.4, 0.5) is 4.79 Å². The van der Waals surface area contributed by atoms with Crippen LogP contribution in [0.15, 0.2) is 83.7 Å². The van der Waals surface area contributed by atoms with Gasteiger partial charge in [0, 0.05) is 36.2 Å². The van der Waals surface area contributed by atoms with E-state index in [1.165, 1.54) is 0 Å². The molecule has 39 heavy (non-hydrogen) atoms. The van der Waals surface area contributed by atoms with Crippen LogP contribution in [0.2, 0.25) is 0 Å². The van der Waals surface area contributed by atoms with Gasteiger partial charge >= 0.3 is 6.09 Å². The third kappa shape index (κ3) is 7.04. The number of carbonyl (C=O) groups is 2. The van der Waals surface area contributed by atoms with Crippen LogP contribution in [0.3, 0.4) is 0 Å². The molecule has 202 valence electrons. The molecule has 1 heterocycles. The molecule has 0 aliphatic carbocycles. The van der Waals surface area contributed by atoms with E-state index >= 15 is 0 Å². The lowest BCUT2D eigenvalue weighted by atomic mass is 10.0. The number of rotatable bonds is 8. The molecule has 0 bridgehead atoms. The first-order valence-corrected chi connectivity index (χ1v) is 12.8. The summed E-state index contributed by atoms with van der Waals surface area (Å²) in [5.41, 5.74) is 3.24. The number of ether oxygens (including phenoxy) is 2. The summed E-state index contributed by atoms with van der Waals surface area (Å²) < 4.78 is 12.3. The Bertz CT molecular complexity index is 1520. The lowest BCUT2D eigenvalue weighted by Gasteiger charge is -2.19. The molecule has 4 aromatic rings. The lowest BCUT2D eigenvalue weighted by Crippen LogP contribution is -2.37. The molecule has 0 saturated heterocycles. The minimum absolute atomic E-state index is 0.131. The van der Waals surface area contributed by atoms with Gasteiger partial charge in [-0.3, -0.25) is 9.59 Å². The van der Waals surface area contributed by atoms with Crippen molar-refractivity contribution in [2.45, 2.75) is 32.9 Å². The number of carbonyl (C=O) groups excluding carboxylic acids is 2. The number of pyridine rings is 1. The normalized spacial score (nSPS) is 11.2. The Balaban J connectivity index is 1.48. The zero-order chi connectivity index (χ0) is 28.0. The predicted molar refractivity (Wildman–Crippen MR) is 152 cm³/mol. The predicted octanol–water partition coefficient (Wildman–Crippen LogP) is 4.98. The van der Waals surface area contributed by atoms with E-state index in [2.05, 4.69) is 10.6 Å². The van der Waals surface area contributed by atoms with E-state index in [1.807, 2.05) is 60.7 Å². The van der Waals surface area contributed by atoms with Gasteiger partial charge in [-0.25, -0.2) is 4.79 Å². The van der Waals surface area contributed by atoms with Gasteiger partial charge in [0.05, 0.1) is 19.2 Å².